The average Bonchev–Trinajstić information content (AvgIpc) is 2.23. The highest BCUT2D eigenvalue weighted by molar-refractivity contribution is 4.66. The van der Waals surface area contributed by atoms with E-state index in [1.807, 2.05) is 0 Å². The van der Waals surface area contributed by atoms with E-state index >= 15 is 0 Å². The number of hydrogen-bond donors (Lipinski definition) is 2. The van der Waals surface area contributed by atoms with Gasteiger partial charge in [0.25, 0.3) is 0 Å². The van der Waals surface area contributed by atoms with Crippen molar-refractivity contribution in [2.45, 2.75) is 59.6 Å². The highest BCUT2D eigenvalue weighted by Gasteiger charge is 2.08. The summed E-state index contributed by atoms with van der Waals surface area (Å²) in [6, 6.07) is 0.470. The third-order valence-electron chi connectivity index (χ3n) is 2.64. The van der Waals surface area contributed by atoms with E-state index in [0.717, 1.165) is 18.9 Å². The number of aliphatic hydroxyl groups is 1. The van der Waals surface area contributed by atoms with Crippen molar-refractivity contribution in [2.75, 3.05) is 19.8 Å². The smallest absolute Gasteiger partial charge is 0.0897 e. The molecule has 0 radical (unpaired) electrons. The minimum atomic E-state index is -0.393. The summed E-state index contributed by atoms with van der Waals surface area (Å²) in [6.45, 7) is 12.6. The summed E-state index contributed by atoms with van der Waals surface area (Å²) in [5.41, 5.74) is 0. The molecular formula is C14H31NO2. The van der Waals surface area contributed by atoms with Crippen molar-refractivity contribution >= 4 is 0 Å². The molecule has 0 aliphatic carbocycles. The molecule has 0 bridgehead atoms. The van der Waals surface area contributed by atoms with Crippen molar-refractivity contribution in [1.82, 2.24) is 5.32 Å². The molecule has 0 heterocycles. The Balaban J connectivity index is 3.45. The molecule has 0 aliphatic rings. The second kappa shape index (κ2) is 9.86. The predicted octanol–water partition coefficient (Wildman–Crippen LogP) is 2.43. The summed E-state index contributed by atoms with van der Waals surface area (Å²) < 4.78 is 5.40. The molecule has 0 unspecified atom stereocenters. The van der Waals surface area contributed by atoms with Crippen molar-refractivity contribution in [2.24, 2.45) is 11.8 Å². The van der Waals surface area contributed by atoms with Crippen LogP contribution in [0.4, 0.5) is 0 Å². The van der Waals surface area contributed by atoms with Gasteiger partial charge in [-0.25, -0.2) is 0 Å². The topological polar surface area (TPSA) is 41.5 Å². The number of ether oxygens (including phenoxy) is 1. The summed E-state index contributed by atoms with van der Waals surface area (Å²) in [7, 11) is 0. The molecule has 0 saturated carbocycles. The zero-order valence-electron chi connectivity index (χ0n) is 12.2. The lowest BCUT2D eigenvalue weighted by Crippen LogP contribution is -2.36. The van der Waals surface area contributed by atoms with E-state index in [4.69, 9.17) is 4.74 Å². The lowest BCUT2D eigenvalue weighted by molar-refractivity contribution is 0.0250. The van der Waals surface area contributed by atoms with Crippen LogP contribution in [-0.2, 0) is 4.74 Å². The molecular weight excluding hydrogens is 214 g/mol. The van der Waals surface area contributed by atoms with Crippen LogP contribution in [0.1, 0.15) is 47.5 Å². The second-order valence-corrected chi connectivity index (χ2v) is 5.87. The molecule has 0 amide bonds. The van der Waals surface area contributed by atoms with Crippen LogP contribution in [0.5, 0.6) is 0 Å². The van der Waals surface area contributed by atoms with Gasteiger partial charge in [0.15, 0.2) is 0 Å². The Hall–Kier alpha value is -0.120. The Bertz CT molecular complexity index is 172. The number of hydrogen-bond acceptors (Lipinski definition) is 3. The Labute approximate surface area is 107 Å². The maximum atomic E-state index is 9.70. The molecule has 104 valence electrons. The van der Waals surface area contributed by atoms with Gasteiger partial charge in [-0.2, -0.15) is 0 Å². The van der Waals surface area contributed by atoms with Crippen molar-refractivity contribution in [1.29, 1.82) is 0 Å². The van der Waals surface area contributed by atoms with Gasteiger partial charge in [0.05, 0.1) is 12.7 Å². The fourth-order valence-corrected chi connectivity index (χ4v) is 1.52. The summed E-state index contributed by atoms with van der Waals surface area (Å²) in [5, 5.41) is 13.0. The Morgan fingerprint density at radius 2 is 1.59 bits per heavy atom. The monoisotopic (exact) mass is 245 g/mol. The third-order valence-corrected chi connectivity index (χ3v) is 2.64. The molecule has 0 spiro atoms. The fraction of sp³-hybridized carbons (Fsp3) is 1.00. The zero-order valence-corrected chi connectivity index (χ0v) is 12.2. The van der Waals surface area contributed by atoms with Crippen molar-refractivity contribution in [3.63, 3.8) is 0 Å². The number of nitrogens with one attached hydrogen (secondary N) is 1. The first kappa shape index (κ1) is 16.9. The zero-order chi connectivity index (χ0) is 13.3. The van der Waals surface area contributed by atoms with Crippen LogP contribution in [0, 0.1) is 11.8 Å². The first-order chi connectivity index (χ1) is 7.91. The minimum absolute atomic E-state index is 0.393. The predicted molar refractivity (Wildman–Crippen MR) is 73.2 cm³/mol. The minimum Gasteiger partial charge on any atom is -0.389 e. The Morgan fingerprint density at radius 3 is 2.12 bits per heavy atom. The van der Waals surface area contributed by atoms with Gasteiger partial charge in [0.1, 0.15) is 0 Å². The van der Waals surface area contributed by atoms with E-state index in [-0.39, 0.29) is 0 Å². The highest BCUT2D eigenvalue weighted by Crippen LogP contribution is 2.06. The SMILES string of the molecule is CC(C)CC[C@H](C)NC[C@@H](O)COCC(C)C. The van der Waals surface area contributed by atoms with Crippen molar-refractivity contribution in [3.05, 3.63) is 0 Å². The molecule has 2 N–H and O–H groups in total. The van der Waals surface area contributed by atoms with Gasteiger partial charge in [-0.15, -0.1) is 0 Å². The van der Waals surface area contributed by atoms with Crippen LogP contribution in [0.3, 0.4) is 0 Å². The Kier molecular flexibility index (Phi) is 9.79. The van der Waals surface area contributed by atoms with E-state index < -0.39 is 6.10 Å². The van der Waals surface area contributed by atoms with Crippen LogP contribution in [0.25, 0.3) is 0 Å². The van der Waals surface area contributed by atoms with Crippen LogP contribution < -0.4 is 5.32 Å². The van der Waals surface area contributed by atoms with Gasteiger partial charge >= 0.3 is 0 Å². The van der Waals surface area contributed by atoms with E-state index in [2.05, 4.69) is 39.9 Å². The van der Waals surface area contributed by atoms with Gasteiger partial charge in [-0.1, -0.05) is 27.7 Å². The van der Waals surface area contributed by atoms with E-state index in [0.29, 0.717) is 25.1 Å². The average molecular weight is 245 g/mol. The van der Waals surface area contributed by atoms with Crippen LogP contribution >= 0.6 is 0 Å². The molecule has 0 aromatic carbocycles. The van der Waals surface area contributed by atoms with E-state index in [1.54, 1.807) is 0 Å². The van der Waals surface area contributed by atoms with Crippen LogP contribution in [0.2, 0.25) is 0 Å². The third kappa shape index (κ3) is 12.1. The lowest BCUT2D eigenvalue weighted by Gasteiger charge is -2.18. The molecule has 3 nitrogen and oxygen atoms in total. The van der Waals surface area contributed by atoms with Gasteiger partial charge in [-0.05, 0) is 31.6 Å². The highest BCUT2D eigenvalue weighted by atomic mass is 16.5. The molecule has 17 heavy (non-hydrogen) atoms. The maximum absolute atomic E-state index is 9.70. The quantitative estimate of drug-likeness (QED) is 0.621. The van der Waals surface area contributed by atoms with Crippen molar-refractivity contribution < 1.29 is 9.84 Å². The lowest BCUT2D eigenvalue weighted by atomic mass is 10.0. The normalized spacial score (nSPS) is 15.5. The molecule has 0 fully saturated rings. The van der Waals surface area contributed by atoms with Gasteiger partial charge in [-0.3, -0.25) is 0 Å². The summed E-state index contributed by atoms with van der Waals surface area (Å²) >= 11 is 0. The van der Waals surface area contributed by atoms with Gasteiger partial charge in [0.2, 0.25) is 0 Å². The molecule has 0 aliphatic heterocycles. The maximum Gasteiger partial charge on any atom is 0.0897 e. The largest absolute Gasteiger partial charge is 0.389 e. The molecule has 3 heteroatoms. The van der Waals surface area contributed by atoms with E-state index in [1.165, 1.54) is 6.42 Å². The number of rotatable bonds is 10. The molecule has 0 aromatic rings. The van der Waals surface area contributed by atoms with Crippen molar-refractivity contribution in [3.8, 4) is 0 Å². The summed E-state index contributed by atoms with van der Waals surface area (Å²) in [4.78, 5) is 0. The molecule has 2 atom stereocenters. The summed E-state index contributed by atoms with van der Waals surface area (Å²) in [6.07, 6.45) is 2.00. The van der Waals surface area contributed by atoms with Gasteiger partial charge in [0, 0.05) is 19.2 Å². The molecule has 0 aromatic heterocycles. The Morgan fingerprint density at radius 1 is 0.941 bits per heavy atom. The first-order valence-corrected chi connectivity index (χ1v) is 6.91. The van der Waals surface area contributed by atoms with E-state index in [9.17, 15) is 5.11 Å². The second-order valence-electron chi connectivity index (χ2n) is 5.87. The molecule has 0 rings (SSSR count). The standard InChI is InChI=1S/C14H31NO2/c1-11(2)6-7-13(5)15-8-14(16)10-17-9-12(3)4/h11-16H,6-10H2,1-5H3/t13-,14+/m0/s1. The van der Waals surface area contributed by atoms with Gasteiger partial charge < -0.3 is 15.2 Å². The summed E-state index contributed by atoms with van der Waals surface area (Å²) in [5.74, 6) is 1.28. The van der Waals surface area contributed by atoms with Crippen LogP contribution in [0.15, 0.2) is 0 Å². The number of aliphatic hydroxyl groups excluding tert-OH is 1. The molecule has 0 saturated heterocycles. The van der Waals surface area contributed by atoms with Crippen LogP contribution in [-0.4, -0.2) is 37.0 Å². The first-order valence-electron chi connectivity index (χ1n) is 6.91. The fourth-order valence-electron chi connectivity index (χ4n) is 1.52.